The van der Waals surface area contributed by atoms with Crippen molar-refractivity contribution in [3.8, 4) is 0 Å². The van der Waals surface area contributed by atoms with Gasteiger partial charge in [0.05, 0.1) is 17.1 Å². The van der Waals surface area contributed by atoms with E-state index >= 15 is 0 Å². The SMILES string of the molecule is FC(F)(F)C(F)(F)C1=Nc2ccccc2N=C(c2ccccc2)C1. The molecule has 124 valence electrons. The normalized spacial score (nSPS) is 15.2. The van der Waals surface area contributed by atoms with E-state index in [1.807, 2.05) is 0 Å². The van der Waals surface area contributed by atoms with E-state index in [2.05, 4.69) is 9.98 Å². The summed E-state index contributed by atoms with van der Waals surface area (Å²) >= 11 is 0. The van der Waals surface area contributed by atoms with Gasteiger partial charge in [0.25, 0.3) is 0 Å². The molecule has 0 atom stereocenters. The highest BCUT2D eigenvalue weighted by atomic mass is 19.4. The molecule has 2 aromatic rings. The molecule has 0 unspecified atom stereocenters. The fourth-order valence-corrected chi connectivity index (χ4v) is 2.32. The average molecular weight is 338 g/mol. The zero-order valence-corrected chi connectivity index (χ0v) is 12.2. The van der Waals surface area contributed by atoms with Crippen LogP contribution in [0.2, 0.25) is 0 Å². The number of fused-ring (bicyclic) bond motifs is 1. The Morgan fingerprint density at radius 3 is 1.83 bits per heavy atom. The van der Waals surface area contributed by atoms with Crippen molar-refractivity contribution < 1.29 is 22.0 Å². The summed E-state index contributed by atoms with van der Waals surface area (Å²) in [7, 11) is 0. The van der Waals surface area contributed by atoms with Crippen molar-refractivity contribution in [2.45, 2.75) is 18.5 Å². The van der Waals surface area contributed by atoms with E-state index in [9.17, 15) is 22.0 Å². The minimum absolute atomic E-state index is 0.0117. The summed E-state index contributed by atoms with van der Waals surface area (Å²) in [4.78, 5) is 7.84. The number of halogens is 5. The third kappa shape index (κ3) is 2.93. The monoisotopic (exact) mass is 338 g/mol. The molecule has 1 aliphatic rings. The van der Waals surface area contributed by atoms with Crippen LogP contribution in [-0.2, 0) is 0 Å². The largest absolute Gasteiger partial charge is 0.459 e. The van der Waals surface area contributed by atoms with Crippen molar-refractivity contribution >= 4 is 22.8 Å². The van der Waals surface area contributed by atoms with Crippen LogP contribution in [0.4, 0.5) is 33.3 Å². The molecule has 0 aliphatic carbocycles. The van der Waals surface area contributed by atoms with Crippen LogP contribution in [0.25, 0.3) is 0 Å². The second-order valence-electron chi connectivity index (χ2n) is 5.22. The zero-order valence-electron chi connectivity index (χ0n) is 12.2. The summed E-state index contributed by atoms with van der Waals surface area (Å²) in [5.74, 6) is -5.03. The first-order valence-corrected chi connectivity index (χ1v) is 7.03. The molecule has 2 nitrogen and oxygen atoms in total. The molecule has 0 spiro atoms. The Balaban J connectivity index is 2.17. The van der Waals surface area contributed by atoms with Crippen LogP contribution in [0.3, 0.4) is 0 Å². The van der Waals surface area contributed by atoms with Crippen molar-refractivity contribution in [1.29, 1.82) is 0 Å². The predicted octanol–water partition coefficient (Wildman–Crippen LogP) is 5.48. The molecule has 0 saturated carbocycles. The number of nitrogens with zero attached hydrogens (tertiary/aromatic N) is 2. The van der Waals surface area contributed by atoms with E-state index in [0.717, 1.165) is 0 Å². The fourth-order valence-electron chi connectivity index (χ4n) is 2.32. The van der Waals surface area contributed by atoms with Crippen LogP contribution >= 0.6 is 0 Å². The van der Waals surface area contributed by atoms with E-state index in [1.54, 1.807) is 36.4 Å². The van der Waals surface area contributed by atoms with Gasteiger partial charge in [0.1, 0.15) is 5.71 Å². The van der Waals surface area contributed by atoms with Gasteiger partial charge in [0, 0.05) is 6.42 Å². The Hall–Kier alpha value is -2.57. The quantitative estimate of drug-likeness (QED) is 0.648. The van der Waals surface area contributed by atoms with Crippen LogP contribution in [0.15, 0.2) is 64.6 Å². The van der Waals surface area contributed by atoms with Gasteiger partial charge in [0.2, 0.25) is 0 Å². The smallest absolute Gasteiger partial charge is 0.250 e. The Morgan fingerprint density at radius 2 is 1.25 bits per heavy atom. The topological polar surface area (TPSA) is 24.7 Å². The third-order valence-corrected chi connectivity index (χ3v) is 3.55. The van der Waals surface area contributed by atoms with Crippen molar-refractivity contribution in [2.75, 3.05) is 0 Å². The predicted molar refractivity (Wildman–Crippen MR) is 81.8 cm³/mol. The number of benzene rings is 2. The first-order valence-electron chi connectivity index (χ1n) is 7.03. The number of hydrogen-bond acceptors (Lipinski definition) is 2. The average Bonchev–Trinajstić information content (AvgIpc) is 2.74. The number of aliphatic imine (C=N–C) groups is 2. The summed E-state index contributed by atoms with van der Waals surface area (Å²) in [5.41, 5.74) is -0.433. The fraction of sp³-hybridized carbons (Fsp3) is 0.176. The molecule has 1 aliphatic heterocycles. The van der Waals surface area contributed by atoms with Gasteiger partial charge in [-0.1, -0.05) is 42.5 Å². The van der Waals surface area contributed by atoms with Gasteiger partial charge in [-0.25, -0.2) is 4.99 Å². The lowest BCUT2D eigenvalue weighted by molar-refractivity contribution is -0.249. The molecule has 2 aromatic carbocycles. The Labute approximate surface area is 134 Å². The third-order valence-electron chi connectivity index (χ3n) is 3.55. The molecule has 1 heterocycles. The summed E-state index contributed by atoms with van der Waals surface area (Å²) < 4.78 is 66.1. The van der Waals surface area contributed by atoms with Gasteiger partial charge in [-0.3, -0.25) is 4.99 Å². The van der Waals surface area contributed by atoms with Gasteiger partial charge in [-0.05, 0) is 17.7 Å². The number of rotatable bonds is 2. The van der Waals surface area contributed by atoms with E-state index in [1.165, 1.54) is 18.2 Å². The lowest BCUT2D eigenvalue weighted by atomic mass is 10.0. The van der Waals surface area contributed by atoms with Crippen LogP contribution in [0, 0.1) is 0 Å². The molecule has 3 rings (SSSR count). The van der Waals surface area contributed by atoms with Gasteiger partial charge < -0.3 is 0 Å². The van der Waals surface area contributed by atoms with Crippen molar-refractivity contribution in [3.63, 3.8) is 0 Å². The molecule has 24 heavy (non-hydrogen) atoms. The highest BCUT2D eigenvalue weighted by Crippen LogP contribution is 2.41. The Morgan fingerprint density at radius 1 is 0.708 bits per heavy atom. The molecular weight excluding hydrogens is 327 g/mol. The van der Waals surface area contributed by atoms with E-state index in [4.69, 9.17) is 0 Å². The zero-order chi connectivity index (χ0) is 17.4. The van der Waals surface area contributed by atoms with Crippen LogP contribution in [-0.4, -0.2) is 23.5 Å². The minimum atomic E-state index is -5.72. The molecule has 0 bridgehead atoms. The van der Waals surface area contributed by atoms with Gasteiger partial charge in [-0.2, -0.15) is 22.0 Å². The lowest BCUT2D eigenvalue weighted by Crippen LogP contribution is -2.44. The number of hydrogen-bond donors (Lipinski definition) is 0. The van der Waals surface area contributed by atoms with Crippen LogP contribution in [0.5, 0.6) is 0 Å². The summed E-state index contributed by atoms with van der Waals surface area (Å²) in [5, 5.41) is 0. The van der Waals surface area contributed by atoms with Gasteiger partial charge in [-0.15, -0.1) is 0 Å². The maximum Gasteiger partial charge on any atom is 0.459 e. The standard InChI is InChI=1S/C17H11F5N2/c18-16(19,17(20,21)22)15-10-14(11-6-2-1-3-7-11)23-12-8-4-5-9-13(12)24-15/h1-9H,10H2. The van der Waals surface area contributed by atoms with E-state index < -0.39 is 24.2 Å². The molecule has 0 saturated heterocycles. The number of para-hydroxylation sites is 2. The maximum atomic E-state index is 13.9. The second-order valence-corrected chi connectivity index (χ2v) is 5.22. The molecule has 7 heteroatoms. The molecule has 0 amide bonds. The highest BCUT2D eigenvalue weighted by molar-refractivity contribution is 6.17. The first kappa shape index (κ1) is 16.3. The minimum Gasteiger partial charge on any atom is -0.250 e. The molecule has 0 aromatic heterocycles. The summed E-state index contributed by atoms with van der Waals surface area (Å²) in [6.07, 6.45) is -6.40. The molecule has 0 fully saturated rings. The second kappa shape index (κ2) is 5.81. The van der Waals surface area contributed by atoms with E-state index in [0.29, 0.717) is 5.56 Å². The maximum absolute atomic E-state index is 13.9. The molecule has 0 N–H and O–H groups in total. The molecule has 0 radical (unpaired) electrons. The van der Waals surface area contributed by atoms with Crippen molar-refractivity contribution in [2.24, 2.45) is 9.98 Å². The molecular formula is C17H11F5N2. The van der Waals surface area contributed by atoms with Crippen LogP contribution in [0.1, 0.15) is 12.0 Å². The number of alkyl halides is 5. The van der Waals surface area contributed by atoms with E-state index in [-0.39, 0.29) is 17.1 Å². The van der Waals surface area contributed by atoms with Gasteiger partial charge in [0.15, 0.2) is 0 Å². The van der Waals surface area contributed by atoms with Crippen LogP contribution < -0.4 is 0 Å². The lowest BCUT2D eigenvalue weighted by Gasteiger charge is -2.21. The van der Waals surface area contributed by atoms with Crippen molar-refractivity contribution in [3.05, 3.63) is 60.2 Å². The van der Waals surface area contributed by atoms with Crippen molar-refractivity contribution in [1.82, 2.24) is 0 Å². The highest BCUT2D eigenvalue weighted by Gasteiger charge is 2.61. The Kier molecular flexibility index (Phi) is 3.95. The summed E-state index contributed by atoms with van der Waals surface area (Å²) in [6.45, 7) is 0. The Bertz CT molecular complexity index is 807. The summed E-state index contributed by atoms with van der Waals surface area (Å²) in [6, 6.07) is 14.3. The first-order chi connectivity index (χ1) is 11.3. The van der Waals surface area contributed by atoms with Gasteiger partial charge >= 0.3 is 12.1 Å².